The highest BCUT2D eigenvalue weighted by molar-refractivity contribution is 5.88. The predicted octanol–water partition coefficient (Wildman–Crippen LogP) is 1.46. The molecule has 0 bridgehead atoms. The zero-order valence-corrected chi connectivity index (χ0v) is 14.0. The molecule has 8 heteroatoms. The van der Waals surface area contributed by atoms with Gasteiger partial charge < -0.3 is 20.4 Å². The number of anilines is 4. The lowest BCUT2D eigenvalue weighted by atomic mass is 10.3. The summed E-state index contributed by atoms with van der Waals surface area (Å²) in [4.78, 5) is 34.5. The number of carbonyl (C=O) groups is 2. The third-order valence-corrected chi connectivity index (χ3v) is 3.89. The molecule has 2 amide bonds. The highest BCUT2D eigenvalue weighted by atomic mass is 16.1. The average molecular weight is 340 g/mol. The van der Waals surface area contributed by atoms with Crippen molar-refractivity contribution in [2.75, 3.05) is 41.7 Å². The molecule has 8 nitrogen and oxygen atoms in total. The van der Waals surface area contributed by atoms with Crippen LogP contribution in [0.25, 0.3) is 0 Å². The topological polar surface area (TPSA) is 90.5 Å². The van der Waals surface area contributed by atoms with Crippen LogP contribution in [0.1, 0.15) is 6.92 Å². The van der Waals surface area contributed by atoms with Gasteiger partial charge in [-0.1, -0.05) is 0 Å². The van der Waals surface area contributed by atoms with E-state index in [1.807, 2.05) is 30.3 Å². The number of amides is 2. The van der Waals surface area contributed by atoms with Crippen molar-refractivity contribution in [1.29, 1.82) is 0 Å². The third-order valence-electron chi connectivity index (χ3n) is 3.89. The standard InChI is InChI=1S/C17H20N6O2/c1-13(25)19-14-2-4-15(5-3-14)20-17-18-7-6-16(21-17)23-10-8-22(12-24)9-11-23/h2-7,12H,8-11H2,1H3,(H,19,25)(H,18,20,21). The Bertz CT molecular complexity index is 741. The zero-order valence-electron chi connectivity index (χ0n) is 14.0. The van der Waals surface area contributed by atoms with Gasteiger partial charge in [-0.2, -0.15) is 4.98 Å². The Balaban J connectivity index is 1.65. The number of nitrogens with zero attached hydrogens (tertiary/aromatic N) is 4. The predicted molar refractivity (Wildman–Crippen MR) is 95.9 cm³/mol. The van der Waals surface area contributed by atoms with Crippen LogP contribution in [-0.4, -0.2) is 53.4 Å². The van der Waals surface area contributed by atoms with E-state index in [2.05, 4.69) is 25.5 Å². The van der Waals surface area contributed by atoms with Crippen molar-refractivity contribution in [3.8, 4) is 0 Å². The van der Waals surface area contributed by atoms with Crippen molar-refractivity contribution in [1.82, 2.24) is 14.9 Å². The van der Waals surface area contributed by atoms with Gasteiger partial charge >= 0.3 is 0 Å². The molecule has 0 atom stereocenters. The number of nitrogens with one attached hydrogen (secondary N) is 2. The van der Waals surface area contributed by atoms with Gasteiger partial charge in [-0.25, -0.2) is 4.98 Å². The second-order valence-corrected chi connectivity index (χ2v) is 5.75. The van der Waals surface area contributed by atoms with Crippen molar-refractivity contribution in [2.45, 2.75) is 6.92 Å². The fourth-order valence-electron chi connectivity index (χ4n) is 2.61. The highest BCUT2D eigenvalue weighted by Crippen LogP contribution is 2.19. The molecule has 1 aliphatic rings. The Hall–Kier alpha value is -3.16. The van der Waals surface area contributed by atoms with E-state index in [4.69, 9.17) is 0 Å². The van der Waals surface area contributed by atoms with Gasteiger partial charge in [-0.3, -0.25) is 9.59 Å². The van der Waals surface area contributed by atoms with Gasteiger partial charge in [-0.15, -0.1) is 0 Å². The molecule has 1 aromatic heterocycles. The van der Waals surface area contributed by atoms with E-state index < -0.39 is 0 Å². The van der Waals surface area contributed by atoms with Crippen LogP contribution in [0.3, 0.4) is 0 Å². The number of benzene rings is 1. The summed E-state index contributed by atoms with van der Waals surface area (Å²) in [5.74, 6) is 1.23. The number of aromatic nitrogens is 2. The first-order valence-corrected chi connectivity index (χ1v) is 8.06. The summed E-state index contributed by atoms with van der Waals surface area (Å²) < 4.78 is 0. The maximum atomic E-state index is 11.0. The number of carbonyl (C=O) groups excluding carboxylic acids is 2. The van der Waals surface area contributed by atoms with Gasteiger partial charge in [0.1, 0.15) is 5.82 Å². The molecule has 2 aromatic rings. The van der Waals surface area contributed by atoms with Crippen LogP contribution in [0.2, 0.25) is 0 Å². The highest BCUT2D eigenvalue weighted by Gasteiger charge is 2.17. The maximum absolute atomic E-state index is 11.0. The molecule has 1 aliphatic heterocycles. The van der Waals surface area contributed by atoms with Crippen LogP contribution < -0.4 is 15.5 Å². The molecule has 1 aromatic carbocycles. The van der Waals surface area contributed by atoms with E-state index in [0.717, 1.165) is 36.7 Å². The molecule has 3 rings (SSSR count). The number of hydrogen-bond acceptors (Lipinski definition) is 6. The second kappa shape index (κ2) is 7.61. The SMILES string of the molecule is CC(=O)Nc1ccc(Nc2nccc(N3CCN(C=O)CC3)n2)cc1. The zero-order chi connectivity index (χ0) is 17.6. The Kier molecular flexibility index (Phi) is 5.08. The molecule has 0 saturated carbocycles. The van der Waals surface area contributed by atoms with Crippen LogP contribution >= 0.6 is 0 Å². The fraction of sp³-hybridized carbons (Fsp3) is 0.294. The van der Waals surface area contributed by atoms with Gasteiger partial charge in [0.25, 0.3) is 0 Å². The Morgan fingerprint density at radius 3 is 2.40 bits per heavy atom. The summed E-state index contributed by atoms with van der Waals surface area (Å²) in [6.45, 7) is 4.36. The summed E-state index contributed by atoms with van der Waals surface area (Å²) in [7, 11) is 0. The van der Waals surface area contributed by atoms with Gasteiger partial charge in [-0.05, 0) is 30.3 Å². The van der Waals surface area contributed by atoms with Gasteiger partial charge in [0, 0.05) is 50.7 Å². The molecule has 2 N–H and O–H groups in total. The molecule has 0 spiro atoms. The maximum Gasteiger partial charge on any atom is 0.229 e. The summed E-state index contributed by atoms with van der Waals surface area (Å²) in [6, 6.07) is 9.19. The molecule has 1 fully saturated rings. The van der Waals surface area contributed by atoms with E-state index in [1.54, 1.807) is 11.1 Å². The minimum atomic E-state index is -0.105. The molecule has 2 heterocycles. The third kappa shape index (κ3) is 4.43. The minimum absolute atomic E-state index is 0.105. The summed E-state index contributed by atoms with van der Waals surface area (Å²) >= 11 is 0. The number of piperazine rings is 1. The summed E-state index contributed by atoms with van der Waals surface area (Å²) in [5.41, 5.74) is 1.57. The van der Waals surface area contributed by atoms with Crippen molar-refractivity contribution in [2.24, 2.45) is 0 Å². The van der Waals surface area contributed by atoms with Crippen LogP contribution in [0, 0.1) is 0 Å². The van der Waals surface area contributed by atoms with E-state index in [-0.39, 0.29) is 5.91 Å². The molecule has 130 valence electrons. The minimum Gasteiger partial charge on any atom is -0.353 e. The van der Waals surface area contributed by atoms with Crippen LogP contribution in [0.15, 0.2) is 36.5 Å². The summed E-state index contributed by atoms with van der Waals surface area (Å²) in [5, 5.41) is 5.88. The van der Waals surface area contributed by atoms with Crippen LogP contribution in [0.4, 0.5) is 23.1 Å². The van der Waals surface area contributed by atoms with Crippen LogP contribution in [-0.2, 0) is 9.59 Å². The Morgan fingerprint density at radius 2 is 1.76 bits per heavy atom. The number of rotatable bonds is 5. The average Bonchev–Trinajstić information content (AvgIpc) is 2.63. The normalized spacial score (nSPS) is 14.1. The number of hydrogen-bond donors (Lipinski definition) is 2. The molecule has 1 saturated heterocycles. The molecule has 0 radical (unpaired) electrons. The first kappa shape index (κ1) is 16.7. The lowest BCUT2D eigenvalue weighted by molar-refractivity contribution is -0.118. The van der Waals surface area contributed by atoms with Gasteiger partial charge in [0.05, 0.1) is 0 Å². The molecular weight excluding hydrogens is 320 g/mol. The van der Waals surface area contributed by atoms with Crippen molar-refractivity contribution in [3.05, 3.63) is 36.5 Å². The van der Waals surface area contributed by atoms with Crippen molar-refractivity contribution in [3.63, 3.8) is 0 Å². The summed E-state index contributed by atoms with van der Waals surface area (Å²) in [6.07, 6.45) is 2.59. The van der Waals surface area contributed by atoms with Crippen LogP contribution in [0.5, 0.6) is 0 Å². The largest absolute Gasteiger partial charge is 0.353 e. The molecule has 25 heavy (non-hydrogen) atoms. The molecule has 0 aliphatic carbocycles. The fourth-order valence-corrected chi connectivity index (χ4v) is 2.61. The van der Waals surface area contributed by atoms with E-state index >= 15 is 0 Å². The Morgan fingerprint density at radius 1 is 1.08 bits per heavy atom. The van der Waals surface area contributed by atoms with Crippen molar-refractivity contribution >= 4 is 35.5 Å². The first-order chi connectivity index (χ1) is 12.1. The quantitative estimate of drug-likeness (QED) is 0.801. The van der Waals surface area contributed by atoms with Crippen molar-refractivity contribution < 1.29 is 9.59 Å². The Labute approximate surface area is 145 Å². The first-order valence-electron chi connectivity index (χ1n) is 8.06. The van der Waals surface area contributed by atoms with E-state index in [0.29, 0.717) is 19.0 Å². The lowest BCUT2D eigenvalue weighted by Gasteiger charge is -2.33. The smallest absolute Gasteiger partial charge is 0.229 e. The lowest BCUT2D eigenvalue weighted by Crippen LogP contribution is -2.46. The second-order valence-electron chi connectivity index (χ2n) is 5.75. The monoisotopic (exact) mass is 340 g/mol. The van der Waals surface area contributed by atoms with Gasteiger partial charge in [0.15, 0.2) is 0 Å². The van der Waals surface area contributed by atoms with Gasteiger partial charge in [0.2, 0.25) is 18.3 Å². The molecular formula is C17H20N6O2. The van der Waals surface area contributed by atoms with E-state index in [1.165, 1.54) is 6.92 Å². The van der Waals surface area contributed by atoms with E-state index in [9.17, 15) is 9.59 Å². The molecule has 0 unspecified atom stereocenters.